The Bertz CT molecular complexity index is 982. The second kappa shape index (κ2) is 8.89. The van der Waals surface area contributed by atoms with Crippen LogP contribution in [0.1, 0.15) is 13.3 Å². The van der Waals surface area contributed by atoms with E-state index in [9.17, 15) is 23.2 Å². The van der Waals surface area contributed by atoms with Gasteiger partial charge in [0.2, 0.25) is 5.91 Å². The summed E-state index contributed by atoms with van der Waals surface area (Å²) in [6.07, 6.45) is -1.31. The first kappa shape index (κ1) is 21.2. The molecule has 7 nitrogen and oxygen atoms in total. The molecule has 0 saturated carbocycles. The number of hydrogen-bond donors (Lipinski definition) is 1. The van der Waals surface area contributed by atoms with Crippen LogP contribution in [0.15, 0.2) is 42.5 Å². The highest BCUT2D eigenvalue weighted by atomic mass is 19.1. The van der Waals surface area contributed by atoms with Crippen LogP contribution in [0.25, 0.3) is 0 Å². The van der Waals surface area contributed by atoms with Crippen LogP contribution < -0.4 is 15.0 Å². The van der Waals surface area contributed by atoms with Crippen molar-refractivity contribution in [3.63, 3.8) is 0 Å². The number of anilines is 2. The van der Waals surface area contributed by atoms with Gasteiger partial charge in [0, 0.05) is 19.0 Å². The van der Waals surface area contributed by atoms with E-state index >= 15 is 0 Å². The predicted molar refractivity (Wildman–Crippen MR) is 104 cm³/mol. The van der Waals surface area contributed by atoms with E-state index in [4.69, 9.17) is 9.47 Å². The maximum absolute atomic E-state index is 13.7. The fourth-order valence-electron chi connectivity index (χ4n) is 3.10. The van der Waals surface area contributed by atoms with Gasteiger partial charge in [0.25, 0.3) is 5.91 Å². The Kier molecular flexibility index (Phi) is 6.29. The van der Waals surface area contributed by atoms with Gasteiger partial charge in [0.1, 0.15) is 17.4 Å². The molecule has 0 aromatic heterocycles. The molecule has 0 bridgehead atoms. The third-order valence-electron chi connectivity index (χ3n) is 4.69. The van der Waals surface area contributed by atoms with Crippen LogP contribution >= 0.6 is 0 Å². The van der Waals surface area contributed by atoms with Crippen LogP contribution in [0.5, 0.6) is 5.75 Å². The Morgan fingerprint density at radius 2 is 1.93 bits per heavy atom. The minimum Gasteiger partial charge on any atom is -0.495 e. The molecule has 1 aliphatic rings. The SMILES string of the molecule is COc1ccccc1N1C[C@H](C(=O)O[C@H](C)C(=O)Nc2ccc(F)cc2F)CC1=O. The largest absolute Gasteiger partial charge is 0.495 e. The Hall–Kier alpha value is -3.49. The number of rotatable bonds is 6. The molecule has 158 valence electrons. The van der Waals surface area contributed by atoms with E-state index in [0.29, 0.717) is 17.5 Å². The number of carbonyl (C=O) groups is 3. The number of esters is 1. The van der Waals surface area contributed by atoms with Crippen molar-refractivity contribution in [1.29, 1.82) is 0 Å². The smallest absolute Gasteiger partial charge is 0.312 e. The number of carbonyl (C=O) groups excluding carboxylic acids is 3. The lowest BCUT2D eigenvalue weighted by Gasteiger charge is -2.20. The van der Waals surface area contributed by atoms with Crippen LogP contribution in [0.2, 0.25) is 0 Å². The van der Waals surface area contributed by atoms with Crippen molar-refractivity contribution < 1.29 is 32.6 Å². The number of hydrogen-bond acceptors (Lipinski definition) is 5. The molecule has 9 heteroatoms. The van der Waals surface area contributed by atoms with Crippen molar-refractivity contribution in [2.45, 2.75) is 19.4 Å². The molecule has 0 spiro atoms. The van der Waals surface area contributed by atoms with Crippen molar-refractivity contribution >= 4 is 29.2 Å². The highest BCUT2D eigenvalue weighted by Gasteiger charge is 2.38. The normalized spacial score (nSPS) is 16.9. The molecular formula is C21H20F2N2O5. The zero-order valence-corrected chi connectivity index (χ0v) is 16.4. The van der Waals surface area contributed by atoms with Gasteiger partial charge in [0.15, 0.2) is 6.10 Å². The second-order valence-electron chi connectivity index (χ2n) is 6.77. The number of methoxy groups -OCH3 is 1. The standard InChI is InChI=1S/C21H20F2N2O5/c1-12(20(27)24-16-8-7-14(22)10-15(16)23)30-21(28)13-9-19(26)25(11-13)17-5-3-4-6-18(17)29-2/h3-8,10,12-13H,9,11H2,1-2H3,(H,24,27)/t12-,13-/m1/s1. The van der Waals surface area contributed by atoms with Crippen LogP contribution in [0, 0.1) is 17.6 Å². The molecule has 2 atom stereocenters. The summed E-state index contributed by atoms with van der Waals surface area (Å²) in [5.41, 5.74) is 0.306. The first-order valence-electron chi connectivity index (χ1n) is 9.20. The maximum atomic E-state index is 13.7. The van der Waals surface area contributed by atoms with Crippen LogP contribution in [-0.4, -0.2) is 37.5 Å². The van der Waals surface area contributed by atoms with Gasteiger partial charge in [-0.2, -0.15) is 0 Å². The van der Waals surface area contributed by atoms with Gasteiger partial charge < -0.3 is 19.7 Å². The lowest BCUT2D eigenvalue weighted by Crippen LogP contribution is -2.33. The summed E-state index contributed by atoms with van der Waals surface area (Å²) >= 11 is 0. The molecule has 1 aliphatic heterocycles. The first-order valence-corrected chi connectivity index (χ1v) is 9.20. The predicted octanol–water partition coefficient (Wildman–Crippen LogP) is 2.90. The topological polar surface area (TPSA) is 84.9 Å². The van der Waals surface area contributed by atoms with Crippen molar-refractivity contribution in [1.82, 2.24) is 0 Å². The zero-order chi connectivity index (χ0) is 21.8. The van der Waals surface area contributed by atoms with Gasteiger partial charge in [-0.3, -0.25) is 14.4 Å². The summed E-state index contributed by atoms with van der Waals surface area (Å²) in [6, 6.07) is 9.61. The molecule has 30 heavy (non-hydrogen) atoms. The fraction of sp³-hybridized carbons (Fsp3) is 0.286. The molecule has 1 N–H and O–H groups in total. The van der Waals surface area contributed by atoms with Gasteiger partial charge in [-0.15, -0.1) is 0 Å². The van der Waals surface area contributed by atoms with E-state index in [2.05, 4.69) is 5.32 Å². The molecule has 0 unspecified atom stereocenters. The van der Waals surface area contributed by atoms with E-state index in [1.807, 2.05) is 0 Å². The number of nitrogens with zero attached hydrogens (tertiary/aromatic N) is 1. The highest BCUT2D eigenvalue weighted by molar-refractivity contribution is 6.01. The Morgan fingerprint density at radius 1 is 1.20 bits per heavy atom. The summed E-state index contributed by atoms with van der Waals surface area (Å²) in [7, 11) is 1.48. The van der Waals surface area contributed by atoms with E-state index in [1.54, 1.807) is 24.3 Å². The molecule has 2 aromatic carbocycles. The van der Waals surface area contributed by atoms with Gasteiger partial charge in [0.05, 0.1) is 24.4 Å². The van der Waals surface area contributed by atoms with Crippen LogP contribution in [-0.2, 0) is 19.1 Å². The number of benzene rings is 2. The Balaban J connectivity index is 1.61. The molecule has 1 heterocycles. The quantitative estimate of drug-likeness (QED) is 0.730. The lowest BCUT2D eigenvalue weighted by molar-refractivity contribution is -0.157. The minimum absolute atomic E-state index is 0.0716. The number of nitrogens with one attached hydrogen (secondary N) is 1. The zero-order valence-electron chi connectivity index (χ0n) is 16.4. The van der Waals surface area contributed by atoms with E-state index in [0.717, 1.165) is 12.1 Å². The second-order valence-corrected chi connectivity index (χ2v) is 6.77. The van der Waals surface area contributed by atoms with Crippen LogP contribution in [0.4, 0.5) is 20.2 Å². The molecule has 1 saturated heterocycles. The van der Waals surface area contributed by atoms with Crippen LogP contribution in [0.3, 0.4) is 0 Å². The number of para-hydroxylation sites is 2. The average molecular weight is 418 g/mol. The monoisotopic (exact) mass is 418 g/mol. The Labute approximate surface area is 171 Å². The number of amides is 2. The van der Waals surface area contributed by atoms with E-state index in [1.165, 1.54) is 18.9 Å². The lowest BCUT2D eigenvalue weighted by atomic mass is 10.1. The summed E-state index contributed by atoms with van der Waals surface area (Å²) in [5.74, 6) is -3.77. The summed E-state index contributed by atoms with van der Waals surface area (Å²) in [4.78, 5) is 38.5. The van der Waals surface area contributed by atoms with E-state index in [-0.39, 0.29) is 24.6 Å². The van der Waals surface area contributed by atoms with E-state index < -0.39 is 35.5 Å². The molecule has 0 aliphatic carbocycles. The molecule has 0 radical (unpaired) electrons. The van der Waals surface area contributed by atoms with Crippen molar-refractivity contribution in [3.05, 3.63) is 54.1 Å². The maximum Gasteiger partial charge on any atom is 0.312 e. The minimum atomic E-state index is -1.24. The fourth-order valence-corrected chi connectivity index (χ4v) is 3.10. The highest BCUT2D eigenvalue weighted by Crippen LogP contribution is 2.33. The number of halogens is 2. The van der Waals surface area contributed by atoms with Gasteiger partial charge >= 0.3 is 5.97 Å². The summed E-state index contributed by atoms with van der Waals surface area (Å²) < 4.78 is 37.1. The summed E-state index contributed by atoms with van der Waals surface area (Å²) in [6.45, 7) is 1.41. The molecule has 2 aromatic rings. The van der Waals surface area contributed by atoms with Crippen molar-refractivity contribution in [2.75, 3.05) is 23.9 Å². The van der Waals surface area contributed by atoms with Gasteiger partial charge in [-0.05, 0) is 31.2 Å². The molecule has 3 rings (SSSR count). The average Bonchev–Trinajstić information content (AvgIpc) is 3.11. The van der Waals surface area contributed by atoms with Crippen molar-refractivity contribution in [2.24, 2.45) is 5.92 Å². The molecule has 1 fully saturated rings. The third kappa shape index (κ3) is 4.56. The number of ether oxygens (including phenoxy) is 2. The van der Waals surface area contributed by atoms with Gasteiger partial charge in [-0.25, -0.2) is 8.78 Å². The van der Waals surface area contributed by atoms with Gasteiger partial charge in [-0.1, -0.05) is 12.1 Å². The summed E-state index contributed by atoms with van der Waals surface area (Å²) in [5, 5.41) is 2.24. The first-order chi connectivity index (χ1) is 14.3. The third-order valence-corrected chi connectivity index (χ3v) is 4.69. The Morgan fingerprint density at radius 3 is 2.63 bits per heavy atom. The molecule has 2 amide bonds. The van der Waals surface area contributed by atoms with Crippen molar-refractivity contribution in [3.8, 4) is 5.75 Å². The molecular weight excluding hydrogens is 398 g/mol.